The van der Waals surface area contributed by atoms with Gasteiger partial charge in [-0.1, -0.05) is 37.3 Å². The van der Waals surface area contributed by atoms with Crippen molar-refractivity contribution in [3.8, 4) is 0 Å². The van der Waals surface area contributed by atoms with Crippen LogP contribution in [0.5, 0.6) is 0 Å². The zero-order valence-electron chi connectivity index (χ0n) is 19.8. The van der Waals surface area contributed by atoms with E-state index in [1.54, 1.807) is 26.0 Å². The van der Waals surface area contributed by atoms with Gasteiger partial charge in [-0.05, 0) is 49.1 Å². The average Bonchev–Trinajstić information content (AvgIpc) is 3.03. The molecule has 2 aromatic rings. The van der Waals surface area contributed by atoms with E-state index in [-0.39, 0.29) is 29.2 Å². The maximum atomic E-state index is 13.2. The molecule has 1 saturated heterocycles. The lowest BCUT2D eigenvalue weighted by Crippen LogP contribution is -2.43. The molecule has 4 rings (SSSR count). The topological polar surface area (TPSA) is 96.0 Å². The van der Waals surface area contributed by atoms with Gasteiger partial charge in [0.05, 0.1) is 23.5 Å². The second-order valence-corrected chi connectivity index (χ2v) is 11.3. The van der Waals surface area contributed by atoms with E-state index in [1.165, 1.54) is 15.3 Å². The Hall–Kier alpha value is -2.75. The van der Waals surface area contributed by atoms with Crippen LogP contribution in [0.15, 0.2) is 53.4 Å². The minimum atomic E-state index is -3.69. The number of carbonyl (C=O) groups excluding carboxylic acids is 2. The number of nitrogens with one attached hydrogen (secondary N) is 1. The van der Waals surface area contributed by atoms with E-state index in [4.69, 9.17) is 4.74 Å². The summed E-state index contributed by atoms with van der Waals surface area (Å²) < 4.78 is 32.9. The maximum absolute atomic E-state index is 13.2. The number of hydrogen-bond acceptors (Lipinski definition) is 5. The van der Waals surface area contributed by atoms with Crippen molar-refractivity contribution in [1.82, 2.24) is 9.62 Å². The summed E-state index contributed by atoms with van der Waals surface area (Å²) >= 11 is 0. The van der Waals surface area contributed by atoms with E-state index in [1.807, 2.05) is 37.3 Å². The van der Waals surface area contributed by atoms with Crippen molar-refractivity contribution in [3.63, 3.8) is 0 Å². The van der Waals surface area contributed by atoms with E-state index >= 15 is 0 Å². The Morgan fingerprint density at radius 2 is 1.79 bits per heavy atom. The van der Waals surface area contributed by atoms with E-state index in [2.05, 4.69) is 5.32 Å². The second kappa shape index (κ2) is 9.48. The summed E-state index contributed by atoms with van der Waals surface area (Å²) in [5.74, 6) is -0.351. The number of rotatable bonds is 7. The molecule has 0 unspecified atom stereocenters. The number of benzene rings is 2. The predicted molar refractivity (Wildman–Crippen MR) is 129 cm³/mol. The molecule has 1 N–H and O–H groups in total. The third kappa shape index (κ3) is 4.60. The highest BCUT2D eigenvalue weighted by Gasteiger charge is 2.45. The van der Waals surface area contributed by atoms with Gasteiger partial charge in [0.15, 0.2) is 0 Å². The Morgan fingerprint density at radius 1 is 1.12 bits per heavy atom. The van der Waals surface area contributed by atoms with Crippen molar-refractivity contribution < 1.29 is 22.7 Å². The van der Waals surface area contributed by atoms with E-state index in [9.17, 15) is 18.0 Å². The fourth-order valence-corrected chi connectivity index (χ4v) is 5.87. The summed E-state index contributed by atoms with van der Waals surface area (Å²) in [6, 6.07) is 14.6. The molecule has 2 aliphatic heterocycles. The van der Waals surface area contributed by atoms with Gasteiger partial charge in [-0.25, -0.2) is 8.42 Å². The lowest BCUT2D eigenvalue weighted by Gasteiger charge is -2.26. The number of ether oxygens (including phenoxy) is 1. The minimum absolute atomic E-state index is 0.119. The van der Waals surface area contributed by atoms with Crippen molar-refractivity contribution in [2.24, 2.45) is 0 Å². The quantitative estimate of drug-likeness (QED) is 0.649. The van der Waals surface area contributed by atoms with Gasteiger partial charge in [0.2, 0.25) is 21.8 Å². The van der Waals surface area contributed by atoms with Crippen LogP contribution in [-0.2, 0) is 29.8 Å². The normalized spacial score (nSPS) is 19.0. The molecule has 1 atom stereocenters. The van der Waals surface area contributed by atoms with Crippen LogP contribution in [0.1, 0.15) is 37.8 Å². The summed E-state index contributed by atoms with van der Waals surface area (Å²) in [6.45, 7) is 7.21. The molecule has 2 amide bonds. The van der Waals surface area contributed by atoms with Crippen LogP contribution in [0, 0.1) is 0 Å². The Kier molecular flexibility index (Phi) is 6.80. The highest BCUT2D eigenvalue weighted by Crippen LogP contribution is 2.42. The number of hydrogen-bond donors (Lipinski definition) is 1. The Morgan fingerprint density at radius 3 is 2.47 bits per heavy atom. The van der Waals surface area contributed by atoms with E-state index in [0.29, 0.717) is 44.1 Å². The predicted octanol–water partition coefficient (Wildman–Crippen LogP) is 2.25. The van der Waals surface area contributed by atoms with Crippen molar-refractivity contribution in [1.29, 1.82) is 0 Å². The number of sulfonamides is 1. The third-order valence-electron chi connectivity index (χ3n) is 6.60. The molecule has 0 spiro atoms. The lowest BCUT2D eigenvalue weighted by atomic mass is 9.86. The molecule has 0 aliphatic carbocycles. The van der Waals surface area contributed by atoms with Crippen LogP contribution < -0.4 is 10.2 Å². The number of anilines is 1. The monoisotopic (exact) mass is 485 g/mol. The first-order valence-electron chi connectivity index (χ1n) is 11.5. The van der Waals surface area contributed by atoms with Gasteiger partial charge in [-0.2, -0.15) is 4.31 Å². The largest absolute Gasteiger partial charge is 0.379 e. The van der Waals surface area contributed by atoms with Gasteiger partial charge in [-0.15, -0.1) is 0 Å². The molecule has 182 valence electrons. The molecular formula is C25H31N3O5S. The number of morpholine rings is 1. The second-order valence-electron chi connectivity index (χ2n) is 9.33. The Bertz CT molecular complexity index is 1170. The molecule has 1 fully saturated rings. The van der Waals surface area contributed by atoms with Crippen LogP contribution >= 0.6 is 0 Å². The van der Waals surface area contributed by atoms with E-state index in [0.717, 1.165) is 5.56 Å². The molecule has 8 nitrogen and oxygen atoms in total. The highest BCUT2D eigenvalue weighted by molar-refractivity contribution is 7.89. The summed E-state index contributed by atoms with van der Waals surface area (Å²) in [4.78, 5) is 27.5. The van der Waals surface area contributed by atoms with Gasteiger partial charge in [0.25, 0.3) is 0 Å². The van der Waals surface area contributed by atoms with Crippen LogP contribution in [0.2, 0.25) is 0 Å². The molecule has 0 aromatic heterocycles. The van der Waals surface area contributed by atoms with Crippen LogP contribution in [0.3, 0.4) is 0 Å². The first-order chi connectivity index (χ1) is 16.1. The first-order valence-corrected chi connectivity index (χ1v) is 12.9. The molecule has 9 heteroatoms. The molecule has 0 saturated carbocycles. The minimum Gasteiger partial charge on any atom is -0.379 e. The molecule has 2 aromatic carbocycles. The fraction of sp³-hybridized carbons (Fsp3) is 0.440. The van der Waals surface area contributed by atoms with Gasteiger partial charge < -0.3 is 15.0 Å². The van der Waals surface area contributed by atoms with Crippen LogP contribution in [0.25, 0.3) is 0 Å². The van der Waals surface area contributed by atoms with E-state index < -0.39 is 15.4 Å². The average molecular weight is 486 g/mol. The number of nitrogens with zero attached hydrogens (tertiary/aromatic N) is 2. The Labute approximate surface area is 200 Å². The summed E-state index contributed by atoms with van der Waals surface area (Å²) in [5.41, 5.74) is 1.36. The summed E-state index contributed by atoms with van der Waals surface area (Å²) in [7, 11) is -3.69. The van der Waals surface area contributed by atoms with Gasteiger partial charge >= 0.3 is 0 Å². The number of amides is 2. The number of fused-ring (bicyclic) bond motifs is 1. The van der Waals surface area contributed by atoms with Crippen molar-refractivity contribution >= 4 is 27.5 Å². The molecule has 0 bridgehead atoms. The van der Waals surface area contributed by atoms with Gasteiger partial charge in [0, 0.05) is 25.3 Å². The van der Waals surface area contributed by atoms with Crippen molar-refractivity contribution in [3.05, 3.63) is 59.7 Å². The molecular weight excluding hydrogens is 454 g/mol. The van der Waals surface area contributed by atoms with Gasteiger partial charge in [0.1, 0.15) is 6.54 Å². The molecule has 34 heavy (non-hydrogen) atoms. The van der Waals surface area contributed by atoms with Crippen molar-refractivity contribution in [2.45, 2.75) is 37.0 Å². The first kappa shape index (κ1) is 24.4. The van der Waals surface area contributed by atoms with Crippen molar-refractivity contribution in [2.75, 3.05) is 44.3 Å². The molecule has 2 heterocycles. The zero-order chi connectivity index (χ0) is 24.5. The van der Waals surface area contributed by atoms with Crippen LogP contribution in [0.4, 0.5) is 5.69 Å². The van der Waals surface area contributed by atoms with Gasteiger partial charge in [-0.3, -0.25) is 9.59 Å². The standard InChI is InChI=1S/C25H31N3O5S/c1-18(19-7-5-4-6-8-19)16-26-23(29)17-28-22-10-9-20(15-21(22)25(2,3)24(28)30)34(31,32)27-11-13-33-14-12-27/h4-10,15,18H,11-14,16-17H2,1-3H3,(H,26,29)/t18-/m0/s1. The smallest absolute Gasteiger partial charge is 0.243 e. The zero-order valence-corrected chi connectivity index (χ0v) is 20.6. The third-order valence-corrected chi connectivity index (χ3v) is 8.49. The number of carbonyl (C=O) groups is 2. The maximum Gasteiger partial charge on any atom is 0.243 e. The SMILES string of the molecule is C[C@@H](CNC(=O)CN1C(=O)C(C)(C)c2cc(S(=O)(=O)N3CCOCC3)ccc21)c1ccccc1. The highest BCUT2D eigenvalue weighted by atomic mass is 32.2. The Balaban J connectivity index is 1.50. The fourth-order valence-electron chi connectivity index (χ4n) is 4.43. The lowest BCUT2D eigenvalue weighted by molar-refractivity contribution is -0.125. The summed E-state index contributed by atoms with van der Waals surface area (Å²) in [5, 5.41) is 2.92. The molecule has 2 aliphatic rings. The van der Waals surface area contributed by atoms with Crippen LogP contribution in [-0.4, -0.2) is 63.9 Å². The summed E-state index contributed by atoms with van der Waals surface area (Å²) in [6.07, 6.45) is 0. The molecule has 0 radical (unpaired) electrons.